The summed E-state index contributed by atoms with van der Waals surface area (Å²) in [6, 6.07) is 0. The van der Waals surface area contributed by atoms with Gasteiger partial charge < -0.3 is 10.3 Å². The summed E-state index contributed by atoms with van der Waals surface area (Å²) < 4.78 is 0. The van der Waals surface area contributed by atoms with Crippen molar-refractivity contribution in [3.05, 3.63) is 30.4 Å². The molecule has 0 unspecified atom stereocenters. The van der Waals surface area contributed by atoms with Crippen molar-refractivity contribution in [1.82, 2.24) is 15.3 Å². The van der Waals surface area contributed by atoms with Gasteiger partial charge in [0.2, 0.25) is 5.91 Å². The molecular formula is C25H45N3O. The minimum atomic E-state index is 0.178. The van der Waals surface area contributed by atoms with Crippen molar-refractivity contribution in [1.29, 1.82) is 0 Å². The molecule has 0 fully saturated rings. The van der Waals surface area contributed by atoms with Gasteiger partial charge in [-0.05, 0) is 32.1 Å². The maximum absolute atomic E-state index is 11.8. The molecular weight excluding hydrogens is 358 g/mol. The van der Waals surface area contributed by atoms with E-state index in [1.807, 2.05) is 0 Å². The van der Waals surface area contributed by atoms with E-state index in [9.17, 15) is 4.79 Å². The number of H-pyrrole nitrogens is 1. The lowest BCUT2D eigenvalue weighted by Crippen LogP contribution is -2.25. The number of nitrogens with one attached hydrogen (secondary N) is 2. The first-order valence-corrected chi connectivity index (χ1v) is 12.2. The van der Waals surface area contributed by atoms with E-state index in [4.69, 9.17) is 0 Å². The highest BCUT2D eigenvalue weighted by Gasteiger charge is 2.01. The Hall–Kier alpha value is -1.58. The van der Waals surface area contributed by atoms with E-state index in [-0.39, 0.29) is 5.91 Å². The molecule has 166 valence electrons. The average Bonchev–Trinajstić information content (AvgIpc) is 3.24. The average molecular weight is 404 g/mol. The van der Waals surface area contributed by atoms with Gasteiger partial charge in [-0.1, -0.05) is 83.3 Å². The van der Waals surface area contributed by atoms with Crippen LogP contribution in [0.2, 0.25) is 0 Å². The van der Waals surface area contributed by atoms with Crippen molar-refractivity contribution in [2.45, 2.75) is 116 Å². The molecule has 0 bridgehead atoms. The van der Waals surface area contributed by atoms with Crippen molar-refractivity contribution in [3.8, 4) is 0 Å². The second-order valence-corrected chi connectivity index (χ2v) is 8.22. The predicted octanol–water partition coefficient (Wildman–Crippen LogP) is 6.89. The summed E-state index contributed by atoms with van der Waals surface area (Å²) in [5, 5.41) is 2.98. The van der Waals surface area contributed by atoms with Gasteiger partial charge in [0.25, 0.3) is 0 Å². The summed E-state index contributed by atoms with van der Waals surface area (Å²) in [5.74, 6) is 0.178. The first-order valence-electron chi connectivity index (χ1n) is 12.2. The lowest BCUT2D eigenvalue weighted by atomic mass is 10.1. The van der Waals surface area contributed by atoms with Gasteiger partial charge in [-0.3, -0.25) is 4.79 Å². The fourth-order valence-corrected chi connectivity index (χ4v) is 3.56. The van der Waals surface area contributed by atoms with Crippen LogP contribution in [0.3, 0.4) is 0 Å². The SMILES string of the molecule is CCCCCCCC/C=C\CCCCCCCCCC(=O)NCCc1cnc[nH]1. The highest BCUT2D eigenvalue weighted by molar-refractivity contribution is 5.75. The van der Waals surface area contributed by atoms with E-state index >= 15 is 0 Å². The fraction of sp³-hybridized carbons (Fsp3) is 0.760. The van der Waals surface area contributed by atoms with Crippen LogP contribution in [0.4, 0.5) is 0 Å². The molecule has 1 aromatic rings. The van der Waals surface area contributed by atoms with Crippen molar-refractivity contribution < 1.29 is 4.79 Å². The Morgan fingerprint density at radius 3 is 2.07 bits per heavy atom. The number of carbonyl (C=O) groups is 1. The van der Waals surface area contributed by atoms with E-state index in [1.165, 1.54) is 89.9 Å². The van der Waals surface area contributed by atoms with Gasteiger partial charge in [-0.25, -0.2) is 4.98 Å². The first-order chi connectivity index (χ1) is 14.3. The molecule has 0 aliphatic heterocycles. The predicted molar refractivity (Wildman–Crippen MR) is 124 cm³/mol. The van der Waals surface area contributed by atoms with Crippen LogP contribution < -0.4 is 5.32 Å². The Bertz CT molecular complexity index is 496. The van der Waals surface area contributed by atoms with Gasteiger partial charge in [0.15, 0.2) is 0 Å². The molecule has 0 aliphatic rings. The van der Waals surface area contributed by atoms with Crippen LogP contribution in [0, 0.1) is 0 Å². The smallest absolute Gasteiger partial charge is 0.220 e. The van der Waals surface area contributed by atoms with Crippen LogP contribution in [0.25, 0.3) is 0 Å². The molecule has 1 amide bonds. The summed E-state index contributed by atoms with van der Waals surface area (Å²) in [6.07, 6.45) is 29.3. The van der Waals surface area contributed by atoms with Gasteiger partial charge in [0.1, 0.15) is 0 Å². The van der Waals surface area contributed by atoms with E-state index in [1.54, 1.807) is 12.5 Å². The van der Waals surface area contributed by atoms with E-state index in [0.29, 0.717) is 13.0 Å². The molecule has 1 heterocycles. The lowest BCUT2D eigenvalue weighted by molar-refractivity contribution is -0.121. The van der Waals surface area contributed by atoms with Gasteiger partial charge in [0.05, 0.1) is 6.33 Å². The number of hydrogen-bond acceptors (Lipinski definition) is 2. The minimum Gasteiger partial charge on any atom is -0.356 e. The molecule has 0 aromatic carbocycles. The first kappa shape index (κ1) is 25.5. The Labute approximate surface area is 179 Å². The number of amides is 1. The van der Waals surface area contributed by atoms with Crippen molar-refractivity contribution >= 4 is 5.91 Å². The van der Waals surface area contributed by atoms with Crippen molar-refractivity contribution in [2.75, 3.05) is 6.54 Å². The highest BCUT2D eigenvalue weighted by Crippen LogP contribution is 2.11. The van der Waals surface area contributed by atoms with Crippen LogP contribution in [-0.4, -0.2) is 22.4 Å². The number of rotatable bonds is 20. The molecule has 1 aromatic heterocycles. The number of imidazole rings is 1. The molecule has 0 spiro atoms. The Balaban J connectivity index is 1.75. The largest absolute Gasteiger partial charge is 0.356 e. The normalized spacial score (nSPS) is 11.3. The zero-order valence-corrected chi connectivity index (χ0v) is 18.9. The van der Waals surface area contributed by atoms with Crippen LogP contribution in [0.5, 0.6) is 0 Å². The summed E-state index contributed by atoms with van der Waals surface area (Å²) >= 11 is 0. The third-order valence-electron chi connectivity index (χ3n) is 5.44. The molecule has 2 N–H and O–H groups in total. The van der Waals surface area contributed by atoms with Gasteiger partial charge in [-0.2, -0.15) is 0 Å². The van der Waals surface area contributed by atoms with Gasteiger partial charge in [-0.15, -0.1) is 0 Å². The van der Waals surface area contributed by atoms with Crippen LogP contribution in [0.1, 0.15) is 115 Å². The minimum absolute atomic E-state index is 0.178. The molecule has 1 rings (SSSR count). The highest BCUT2D eigenvalue weighted by atomic mass is 16.1. The third-order valence-corrected chi connectivity index (χ3v) is 5.44. The molecule has 4 heteroatoms. The number of hydrogen-bond donors (Lipinski definition) is 2. The monoisotopic (exact) mass is 403 g/mol. The van der Waals surface area contributed by atoms with Crippen LogP contribution in [-0.2, 0) is 11.2 Å². The maximum Gasteiger partial charge on any atom is 0.220 e. The third kappa shape index (κ3) is 17.0. The molecule has 4 nitrogen and oxygen atoms in total. The quantitative estimate of drug-likeness (QED) is 0.184. The Morgan fingerprint density at radius 1 is 0.897 bits per heavy atom. The molecule has 0 saturated heterocycles. The zero-order chi connectivity index (χ0) is 20.8. The number of carbonyl (C=O) groups excluding carboxylic acids is 1. The second kappa shape index (κ2) is 19.7. The van der Waals surface area contributed by atoms with E-state index < -0.39 is 0 Å². The van der Waals surface area contributed by atoms with Crippen LogP contribution >= 0.6 is 0 Å². The number of nitrogens with zero attached hydrogens (tertiary/aromatic N) is 1. The molecule has 0 saturated carbocycles. The summed E-state index contributed by atoms with van der Waals surface area (Å²) in [7, 11) is 0. The summed E-state index contributed by atoms with van der Waals surface area (Å²) in [6.45, 7) is 2.96. The number of aromatic nitrogens is 2. The van der Waals surface area contributed by atoms with E-state index in [2.05, 4.69) is 34.4 Å². The summed E-state index contributed by atoms with van der Waals surface area (Å²) in [4.78, 5) is 18.8. The Kier molecular flexibility index (Phi) is 17.3. The van der Waals surface area contributed by atoms with Crippen molar-refractivity contribution in [2.24, 2.45) is 0 Å². The molecule has 29 heavy (non-hydrogen) atoms. The molecule has 0 aliphatic carbocycles. The van der Waals surface area contributed by atoms with Crippen molar-refractivity contribution in [3.63, 3.8) is 0 Å². The standard InChI is InChI=1S/C25H45N3O/c1-2-3-4-5-6-7-8-9-10-11-12-13-14-15-16-17-18-19-25(29)27-21-20-24-22-26-23-28-24/h9-10,22-23H,2-8,11-21H2,1H3,(H,26,28)(H,27,29)/b10-9-. The van der Waals surface area contributed by atoms with Gasteiger partial charge >= 0.3 is 0 Å². The number of aromatic amines is 1. The number of allylic oxidation sites excluding steroid dienone is 2. The van der Waals surface area contributed by atoms with Gasteiger partial charge in [0, 0.05) is 31.3 Å². The molecule has 0 radical (unpaired) electrons. The fourth-order valence-electron chi connectivity index (χ4n) is 3.56. The topological polar surface area (TPSA) is 57.8 Å². The zero-order valence-electron chi connectivity index (χ0n) is 18.9. The Morgan fingerprint density at radius 2 is 1.48 bits per heavy atom. The lowest BCUT2D eigenvalue weighted by Gasteiger charge is -2.04. The van der Waals surface area contributed by atoms with Crippen LogP contribution in [0.15, 0.2) is 24.7 Å². The van der Waals surface area contributed by atoms with E-state index in [0.717, 1.165) is 18.5 Å². The second-order valence-electron chi connectivity index (χ2n) is 8.22. The number of unbranched alkanes of at least 4 members (excludes halogenated alkanes) is 13. The summed E-state index contributed by atoms with van der Waals surface area (Å²) in [5.41, 5.74) is 1.07. The molecule has 0 atom stereocenters. The maximum atomic E-state index is 11.8.